The summed E-state index contributed by atoms with van der Waals surface area (Å²) in [6.07, 6.45) is 6.63. The summed E-state index contributed by atoms with van der Waals surface area (Å²) in [7, 11) is 1.46. The summed E-state index contributed by atoms with van der Waals surface area (Å²) >= 11 is 0. The van der Waals surface area contributed by atoms with E-state index in [0.29, 0.717) is 12.8 Å². The van der Waals surface area contributed by atoms with Crippen molar-refractivity contribution in [3.63, 3.8) is 0 Å². The lowest BCUT2D eigenvalue weighted by Gasteiger charge is -2.61. The average molecular weight is 348 g/mol. The summed E-state index contributed by atoms with van der Waals surface area (Å²) in [6.45, 7) is 8.23. The molecule has 0 unspecified atom stereocenters. The van der Waals surface area contributed by atoms with Crippen molar-refractivity contribution < 1.29 is 19.4 Å². The van der Waals surface area contributed by atoms with Crippen molar-refractivity contribution in [2.45, 2.75) is 71.8 Å². The molecule has 0 bridgehead atoms. The Hall–Kier alpha value is -1.16. The number of hydrogen-bond donors (Lipinski definition) is 1. The number of carbonyl (C=O) groups excluding carboxylic acids is 2. The van der Waals surface area contributed by atoms with Gasteiger partial charge < -0.3 is 9.84 Å². The monoisotopic (exact) mass is 348 g/mol. The quantitative estimate of drug-likeness (QED) is 0.774. The fourth-order valence-corrected chi connectivity index (χ4v) is 6.36. The van der Waals surface area contributed by atoms with Gasteiger partial charge in [0.1, 0.15) is 5.60 Å². The number of ketones is 1. The molecule has 2 fully saturated rings. The molecule has 0 aromatic heterocycles. The largest absolute Gasteiger partial charge is 0.469 e. The molecular weight excluding hydrogens is 316 g/mol. The van der Waals surface area contributed by atoms with Crippen LogP contribution in [0, 0.1) is 28.6 Å². The molecule has 5 atom stereocenters. The summed E-state index contributed by atoms with van der Waals surface area (Å²) in [5.41, 5.74) is -1.24. The molecule has 1 N–H and O–H groups in total. The first-order chi connectivity index (χ1) is 11.6. The van der Waals surface area contributed by atoms with Crippen LogP contribution in [-0.2, 0) is 14.3 Å². The highest BCUT2D eigenvalue weighted by atomic mass is 16.5. The van der Waals surface area contributed by atoms with E-state index in [1.54, 1.807) is 0 Å². The fourth-order valence-electron chi connectivity index (χ4n) is 6.36. The third-order valence-electron chi connectivity index (χ3n) is 7.67. The molecule has 0 aromatic rings. The lowest BCUT2D eigenvalue weighted by Crippen LogP contribution is -2.64. The molecule has 0 radical (unpaired) electrons. The Bertz CT molecular complexity index is 621. The number of carbonyl (C=O) groups is 2. The number of hydrogen-bond acceptors (Lipinski definition) is 4. The van der Waals surface area contributed by atoms with E-state index in [-0.39, 0.29) is 34.9 Å². The standard InChI is InChI=1S/C21H32O4/c1-13(2)14-7-8-16-19(3)10-6-11-20(4,18(23)25-5)15(19)9-12-21(16,24)17(14)22/h7,13,15-16,24H,6,8-12H2,1-5H3/t15-,16-,19+,20-,21-/m1/s1. The van der Waals surface area contributed by atoms with Crippen molar-refractivity contribution in [3.8, 4) is 0 Å². The number of fused-ring (bicyclic) bond motifs is 3. The van der Waals surface area contributed by atoms with E-state index in [9.17, 15) is 14.7 Å². The maximum absolute atomic E-state index is 13.1. The van der Waals surface area contributed by atoms with Crippen LogP contribution in [0.3, 0.4) is 0 Å². The second-order valence-corrected chi connectivity index (χ2v) is 9.22. The van der Waals surface area contributed by atoms with Gasteiger partial charge in [-0.2, -0.15) is 0 Å². The molecular formula is C21H32O4. The van der Waals surface area contributed by atoms with Gasteiger partial charge in [-0.3, -0.25) is 9.59 Å². The molecule has 0 spiro atoms. The maximum Gasteiger partial charge on any atom is 0.311 e. The molecule has 2 saturated carbocycles. The van der Waals surface area contributed by atoms with Crippen LogP contribution in [0.2, 0.25) is 0 Å². The zero-order valence-corrected chi connectivity index (χ0v) is 16.2. The second kappa shape index (κ2) is 5.94. The summed E-state index contributed by atoms with van der Waals surface area (Å²) in [5.74, 6) is -0.0563. The van der Waals surface area contributed by atoms with Crippen LogP contribution in [0.5, 0.6) is 0 Å². The molecule has 0 saturated heterocycles. The first-order valence-corrected chi connectivity index (χ1v) is 9.67. The molecule has 3 aliphatic rings. The molecule has 4 heteroatoms. The van der Waals surface area contributed by atoms with E-state index in [4.69, 9.17) is 4.74 Å². The highest BCUT2D eigenvalue weighted by Gasteiger charge is 2.65. The third kappa shape index (κ3) is 2.43. The SMILES string of the molecule is COC(=O)[C@]1(C)CCC[C@@]2(C)[C@H]1CC[C@]1(O)C(=O)C(C(C)C)=CC[C@H]21. The first-order valence-electron chi connectivity index (χ1n) is 9.67. The molecule has 0 heterocycles. The van der Waals surface area contributed by atoms with E-state index < -0.39 is 11.0 Å². The lowest BCUT2D eigenvalue weighted by atomic mass is 9.43. The third-order valence-corrected chi connectivity index (χ3v) is 7.67. The highest BCUT2D eigenvalue weighted by Crippen LogP contribution is 2.64. The predicted octanol–water partition coefficient (Wildman–Crippen LogP) is 3.67. The summed E-state index contributed by atoms with van der Waals surface area (Å²) in [6, 6.07) is 0. The lowest BCUT2D eigenvalue weighted by molar-refractivity contribution is -0.197. The second-order valence-electron chi connectivity index (χ2n) is 9.22. The molecule has 3 aliphatic carbocycles. The minimum atomic E-state index is -1.27. The number of methoxy groups -OCH3 is 1. The Morgan fingerprint density at radius 1 is 1.24 bits per heavy atom. The van der Waals surface area contributed by atoms with Gasteiger partial charge in [-0.15, -0.1) is 0 Å². The Morgan fingerprint density at radius 2 is 1.92 bits per heavy atom. The number of ether oxygens (including phenoxy) is 1. The number of Topliss-reactive ketones (excluding diaryl/α,β-unsaturated/α-hetero) is 1. The van der Waals surface area contributed by atoms with Crippen LogP contribution < -0.4 is 0 Å². The van der Waals surface area contributed by atoms with Crippen LogP contribution in [-0.4, -0.2) is 29.6 Å². The summed E-state index contributed by atoms with van der Waals surface area (Å²) in [5, 5.41) is 11.4. The Balaban J connectivity index is 2.03. The van der Waals surface area contributed by atoms with Gasteiger partial charge in [-0.1, -0.05) is 33.3 Å². The molecule has 25 heavy (non-hydrogen) atoms. The van der Waals surface area contributed by atoms with E-state index in [0.717, 1.165) is 31.3 Å². The van der Waals surface area contributed by atoms with Crippen LogP contribution in [0.25, 0.3) is 0 Å². The number of allylic oxidation sites excluding steroid dienone is 1. The van der Waals surface area contributed by atoms with Crippen molar-refractivity contribution in [1.29, 1.82) is 0 Å². The highest BCUT2D eigenvalue weighted by molar-refractivity contribution is 6.03. The fraction of sp³-hybridized carbons (Fsp3) is 0.810. The van der Waals surface area contributed by atoms with Crippen LogP contribution in [0.15, 0.2) is 11.6 Å². The van der Waals surface area contributed by atoms with Crippen LogP contribution in [0.1, 0.15) is 66.2 Å². The van der Waals surface area contributed by atoms with Gasteiger partial charge in [0.05, 0.1) is 12.5 Å². The van der Waals surface area contributed by atoms with Crippen LogP contribution in [0.4, 0.5) is 0 Å². The zero-order chi connectivity index (χ0) is 18.6. The van der Waals surface area contributed by atoms with Gasteiger partial charge in [0.15, 0.2) is 5.78 Å². The smallest absolute Gasteiger partial charge is 0.311 e. The van der Waals surface area contributed by atoms with Crippen molar-refractivity contribution in [2.24, 2.45) is 28.6 Å². The topological polar surface area (TPSA) is 63.6 Å². The first kappa shape index (κ1) is 18.6. The normalized spacial score (nSPS) is 44.0. The summed E-state index contributed by atoms with van der Waals surface area (Å²) < 4.78 is 5.14. The van der Waals surface area contributed by atoms with Gasteiger partial charge in [-0.25, -0.2) is 0 Å². The van der Waals surface area contributed by atoms with E-state index in [1.807, 2.05) is 26.8 Å². The predicted molar refractivity (Wildman–Crippen MR) is 95.8 cm³/mol. The Kier molecular flexibility index (Phi) is 4.42. The number of aliphatic hydroxyl groups is 1. The molecule has 140 valence electrons. The minimum Gasteiger partial charge on any atom is -0.469 e. The van der Waals surface area contributed by atoms with Gasteiger partial charge in [0, 0.05) is 5.92 Å². The average Bonchev–Trinajstić information content (AvgIpc) is 2.55. The molecule has 4 nitrogen and oxygen atoms in total. The van der Waals surface area contributed by atoms with Crippen molar-refractivity contribution in [2.75, 3.05) is 7.11 Å². The van der Waals surface area contributed by atoms with Crippen molar-refractivity contribution >= 4 is 11.8 Å². The Morgan fingerprint density at radius 3 is 2.52 bits per heavy atom. The van der Waals surface area contributed by atoms with Gasteiger partial charge in [0.2, 0.25) is 0 Å². The van der Waals surface area contributed by atoms with Gasteiger partial charge in [-0.05, 0) is 61.9 Å². The molecule has 0 amide bonds. The van der Waals surface area contributed by atoms with Crippen LogP contribution >= 0.6 is 0 Å². The van der Waals surface area contributed by atoms with Crippen molar-refractivity contribution in [3.05, 3.63) is 11.6 Å². The van der Waals surface area contributed by atoms with E-state index >= 15 is 0 Å². The number of esters is 1. The maximum atomic E-state index is 13.1. The zero-order valence-electron chi connectivity index (χ0n) is 16.2. The van der Waals surface area contributed by atoms with E-state index in [1.165, 1.54) is 7.11 Å². The van der Waals surface area contributed by atoms with Gasteiger partial charge >= 0.3 is 5.97 Å². The summed E-state index contributed by atoms with van der Waals surface area (Å²) in [4.78, 5) is 25.6. The molecule has 0 aromatic carbocycles. The molecule has 3 rings (SSSR count). The van der Waals surface area contributed by atoms with E-state index in [2.05, 4.69) is 6.92 Å². The minimum absolute atomic E-state index is 0.0798. The number of rotatable bonds is 2. The van der Waals surface area contributed by atoms with Crippen molar-refractivity contribution in [1.82, 2.24) is 0 Å². The Labute approximate surface area is 151 Å². The molecule has 0 aliphatic heterocycles. The van der Waals surface area contributed by atoms with Gasteiger partial charge in [0.25, 0.3) is 0 Å².